The quantitative estimate of drug-likeness (QED) is 0.520. The molecule has 0 saturated heterocycles. The normalized spacial score (nSPS) is 15.5. The van der Waals surface area contributed by atoms with Gasteiger partial charge >= 0.3 is 0 Å². The highest BCUT2D eigenvalue weighted by Gasteiger charge is 2.38. The van der Waals surface area contributed by atoms with E-state index in [1.54, 1.807) is 23.9 Å². The lowest BCUT2D eigenvalue weighted by Crippen LogP contribution is -2.45. The maximum absolute atomic E-state index is 13.5. The number of para-hydroxylation sites is 1. The highest BCUT2D eigenvalue weighted by atomic mass is 32.2. The molecule has 3 aromatic rings. The average Bonchev–Trinajstić information content (AvgIpc) is 3.15. The van der Waals surface area contributed by atoms with E-state index in [0.717, 1.165) is 15.8 Å². The Morgan fingerprint density at radius 3 is 2.47 bits per heavy atom. The van der Waals surface area contributed by atoms with Crippen LogP contribution in [0.15, 0.2) is 57.9 Å². The van der Waals surface area contributed by atoms with E-state index in [1.807, 2.05) is 50.2 Å². The van der Waals surface area contributed by atoms with Crippen molar-refractivity contribution in [3.63, 3.8) is 0 Å². The molecule has 0 amide bonds. The maximum Gasteiger partial charge on any atom is 0.251 e. The zero-order chi connectivity index (χ0) is 22.1. The van der Waals surface area contributed by atoms with Gasteiger partial charge in [-0.15, -0.1) is 0 Å². The van der Waals surface area contributed by atoms with E-state index in [0.29, 0.717) is 30.7 Å². The number of hydrogen-bond acceptors (Lipinski definition) is 4. The van der Waals surface area contributed by atoms with Gasteiger partial charge in [-0.3, -0.25) is 13.8 Å². The molecule has 2 unspecified atom stereocenters. The van der Waals surface area contributed by atoms with E-state index in [9.17, 15) is 13.8 Å². The summed E-state index contributed by atoms with van der Waals surface area (Å²) in [6, 6.07) is 13.0. The maximum atomic E-state index is 13.5. The summed E-state index contributed by atoms with van der Waals surface area (Å²) >= 11 is 0. The Kier molecular flexibility index (Phi) is 6.09. The first kappa shape index (κ1) is 22.1. The Labute approximate surface area is 177 Å². The van der Waals surface area contributed by atoms with Gasteiger partial charge in [-0.2, -0.15) is 0 Å². The van der Waals surface area contributed by atoms with Gasteiger partial charge < -0.3 is 8.98 Å². The van der Waals surface area contributed by atoms with Crippen molar-refractivity contribution in [2.45, 2.75) is 51.8 Å². The molecule has 1 aromatic carbocycles. The van der Waals surface area contributed by atoms with Crippen molar-refractivity contribution in [2.75, 3.05) is 6.26 Å². The topological polar surface area (TPSA) is 69.3 Å². The first-order valence-corrected chi connectivity index (χ1v) is 12.1. The number of carbonyl (C=O) groups excluding carboxylic acids is 1. The van der Waals surface area contributed by atoms with E-state index in [-0.39, 0.29) is 11.3 Å². The van der Waals surface area contributed by atoms with Crippen LogP contribution in [-0.2, 0) is 20.9 Å². The SMILES string of the molecule is CCC(C)=S(C)(=O)C(C)(CCn1ccc(-c2cc3ccccc3o2)cc1=O)C(C)=O. The molecule has 30 heavy (non-hydrogen) atoms. The number of nitrogens with zero attached hydrogens (tertiary/aromatic N) is 1. The van der Waals surface area contributed by atoms with Crippen LogP contribution >= 0.6 is 0 Å². The van der Waals surface area contributed by atoms with Crippen molar-refractivity contribution < 1.29 is 13.4 Å². The second-order valence-corrected chi connectivity index (χ2v) is 11.3. The van der Waals surface area contributed by atoms with Crippen LogP contribution in [-0.4, -0.2) is 30.4 Å². The summed E-state index contributed by atoms with van der Waals surface area (Å²) in [6.07, 6.45) is 4.36. The number of carbonyl (C=O) groups is 1. The van der Waals surface area contributed by atoms with Gasteiger partial charge in [-0.1, -0.05) is 25.1 Å². The molecule has 0 aliphatic heterocycles. The average molecular weight is 428 g/mol. The predicted molar refractivity (Wildman–Crippen MR) is 125 cm³/mol. The second-order valence-electron chi connectivity index (χ2n) is 8.03. The molecule has 6 heteroatoms. The Bertz CT molecular complexity index is 1240. The number of ketones is 1. The van der Waals surface area contributed by atoms with Crippen molar-refractivity contribution in [1.29, 1.82) is 0 Å². The number of rotatable bonds is 7. The fraction of sp³-hybridized carbons (Fsp3) is 0.375. The number of hydrogen-bond donors (Lipinski definition) is 0. The number of benzene rings is 1. The number of Topliss-reactive ketones (excluding diaryl/α,β-unsaturated/α-hetero) is 1. The Hall–Kier alpha value is -2.60. The van der Waals surface area contributed by atoms with Gasteiger partial charge in [0.1, 0.15) is 17.1 Å². The fourth-order valence-electron chi connectivity index (χ4n) is 3.61. The Balaban J connectivity index is 1.89. The highest BCUT2D eigenvalue weighted by Crippen LogP contribution is 2.28. The van der Waals surface area contributed by atoms with Crippen LogP contribution in [0.25, 0.3) is 22.3 Å². The summed E-state index contributed by atoms with van der Waals surface area (Å²) in [5.74, 6) is 0.522. The zero-order valence-corrected chi connectivity index (χ0v) is 19.0. The number of furan rings is 1. The van der Waals surface area contributed by atoms with Gasteiger partial charge in [0.25, 0.3) is 5.56 Å². The largest absolute Gasteiger partial charge is 0.456 e. The molecule has 0 aliphatic carbocycles. The van der Waals surface area contributed by atoms with Gasteiger partial charge in [0.05, 0.1) is 4.75 Å². The minimum Gasteiger partial charge on any atom is -0.456 e. The van der Waals surface area contributed by atoms with Gasteiger partial charge in [-0.05, 0) is 66.2 Å². The number of fused-ring (bicyclic) bond motifs is 1. The van der Waals surface area contributed by atoms with Gasteiger partial charge in [0.15, 0.2) is 0 Å². The Morgan fingerprint density at radius 2 is 1.87 bits per heavy atom. The van der Waals surface area contributed by atoms with Crippen LogP contribution < -0.4 is 5.56 Å². The smallest absolute Gasteiger partial charge is 0.251 e. The summed E-state index contributed by atoms with van der Waals surface area (Å²) < 4.78 is 19.8. The molecule has 2 atom stereocenters. The molecule has 0 fully saturated rings. The van der Waals surface area contributed by atoms with Gasteiger partial charge in [-0.25, -0.2) is 0 Å². The van der Waals surface area contributed by atoms with Gasteiger partial charge in [0.2, 0.25) is 0 Å². The second kappa shape index (κ2) is 8.26. The van der Waals surface area contributed by atoms with Crippen LogP contribution in [0.2, 0.25) is 0 Å². The standard InChI is InChI=1S/C24H29NO4S/c1-6-17(2)30(5,28)24(4,18(3)26)12-14-25-13-11-20(16-23(25)27)22-15-19-9-7-8-10-21(19)29-22/h7-11,13,15-16H,6,12,14H2,1-5H3. The zero-order valence-electron chi connectivity index (χ0n) is 18.2. The molecule has 0 aliphatic rings. The molecule has 0 radical (unpaired) electrons. The fourth-order valence-corrected chi connectivity index (χ4v) is 5.96. The molecule has 0 spiro atoms. The molecule has 2 heterocycles. The van der Waals surface area contributed by atoms with E-state index in [2.05, 4.69) is 0 Å². The molecular weight excluding hydrogens is 398 g/mol. The summed E-state index contributed by atoms with van der Waals surface area (Å²) in [7, 11) is -2.51. The third-order valence-corrected chi connectivity index (χ3v) is 10.1. The number of aromatic nitrogens is 1. The highest BCUT2D eigenvalue weighted by molar-refractivity contribution is 8.03. The number of pyridine rings is 1. The first-order valence-electron chi connectivity index (χ1n) is 10.1. The predicted octanol–water partition coefficient (Wildman–Crippen LogP) is 4.52. The summed E-state index contributed by atoms with van der Waals surface area (Å²) in [5.41, 5.74) is 1.29. The molecule has 3 rings (SSSR count). The van der Waals surface area contributed by atoms with Crippen LogP contribution in [0.3, 0.4) is 0 Å². The van der Waals surface area contributed by atoms with E-state index in [4.69, 9.17) is 4.42 Å². The minimum atomic E-state index is -2.51. The van der Waals surface area contributed by atoms with Crippen LogP contribution in [0.5, 0.6) is 0 Å². The van der Waals surface area contributed by atoms with E-state index < -0.39 is 14.3 Å². The van der Waals surface area contributed by atoms with Crippen molar-refractivity contribution >= 4 is 31.1 Å². The van der Waals surface area contributed by atoms with E-state index in [1.165, 1.54) is 13.0 Å². The summed E-state index contributed by atoms with van der Waals surface area (Å²) in [6.45, 7) is 7.35. The summed E-state index contributed by atoms with van der Waals surface area (Å²) in [5, 5.41) is 0.981. The Morgan fingerprint density at radius 1 is 1.17 bits per heavy atom. The number of aryl methyl sites for hydroxylation is 1. The van der Waals surface area contributed by atoms with Crippen LogP contribution in [0.4, 0.5) is 0 Å². The van der Waals surface area contributed by atoms with Crippen molar-refractivity contribution in [3.8, 4) is 11.3 Å². The molecule has 0 saturated carbocycles. The molecule has 0 N–H and O–H groups in total. The van der Waals surface area contributed by atoms with Crippen LogP contribution in [0.1, 0.15) is 40.5 Å². The van der Waals surface area contributed by atoms with E-state index >= 15 is 0 Å². The lowest BCUT2D eigenvalue weighted by atomic mass is 10.0. The van der Waals surface area contributed by atoms with Gasteiger partial charge in [0, 0.05) is 36.0 Å². The molecule has 0 bridgehead atoms. The molecular formula is C24H29NO4S. The first-order chi connectivity index (χ1) is 14.1. The minimum absolute atomic E-state index is 0.116. The monoisotopic (exact) mass is 427 g/mol. The molecule has 5 nitrogen and oxygen atoms in total. The lowest BCUT2D eigenvalue weighted by Gasteiger charge is -2.31. The molecule has 2 aromatic heterocycles. The van der Waals surface area contributed by atoms with Crippen molar-refractivity contribution in [1.82, 2.24) is 4.57 Å². The third kappa shape index (κ3) is 3.88. The lowest BCUT2D eigenvalue weighted by molar-refractivity contribution is -0.119. The molecule has 160 valence electrons. The van der Waals surface area contributed by atoms with Crippen LogP contribution in [0, 0.1) is 0 Å². The van der Waals surface area contributed by atoms with Crippen molar-refractivity contribution in [3.05, 3.63) is 59.0 Å². The summed E-state index contributed by atoms with van der Waals surface area (Å²) in [4.78, 5) is 26.0. The third-order valence-electron chi connectivity index (χ3n) is 6.30. The van der Waals surface area contributed by atoms with Crippen molar-refractivity contribution in [2.24, 2.45) is 0 Å².